The predicted molar refractivity (Wildman–Crippen MR) is 92.3 cm³/mol. The zero-order chi connectivity index (χ0) is 19.6. The number of carboxylic acid groups (broad SMARTS) is 1. The standard InChI is InChI=1S/C20H18F3NO3/c21-20(22,23)17-12-24(11-16(17)19(26)27)18(25)15-9-5-4-8-14(15)10-13-6-2-1-3-7-13/h1-9,16-17H,10-12H2,(H,26,27)/t16-,17-/m1/s1. The summed E-state index contributed by atoms with van der Waals surface area (Å²) >= 11 is 0. The van der Waals surface area contributed by atoms with Crippen LogP contribution in [0, 0.1) is 11.8 Å². The number of carboxylic acids is 1. The summed E-state index contributed by atoms with van der Waals surface area (Å²) in [6, 6.07) is 16.1. The molecule has 0 saturated carbocycles. The van der Waals surface area contributed by atoms with Crippen molar-refractivity contribution in [2.24, 2.45) is 11.8 Å². The van der Waals surface area contributed by atoms with Gasteiger partial charge in [-0.1, -0.05) is 48.5 Å². The number of hydrogen-bond donors (Lipinski definition) is 1. The Balaban J connectivity index is 1.85. The third-order valence-electron chi connectivity index (χ3n) is 4.83. The van der Waals surface area contributed by atoms with E-state index in [0.29, 0.717) is 17.5 Å². The number of carbonyl (C=O) groups excluding carboxylic acids is 1. The molecule has 7 heteroatoms. The molecule has 0 spiro atoms. The average molecular weight is 377 g/mol. The van der Waals surface area contributed by atoms with Gasteiger partial charge in [0.2, 0.25) is 0 Å². The summed E-state index contributed by atoms with van der Waals surface area (Å²) in [7, 11) is 0. The van der Waals surface area contributed by atoms with Crippen molar-refractivity contribution in [3.63, 3.8) is 0 Å². The minimum absolute atomic E-state index is 0.299. The van der Waals surface area contributed by atoms with Gasteiger partial charge in [-0.15, -0.1) is 0 Å². The van der Waals surface area contributed by atoms with Crippen molar-refractivity contribution in [1.29, 1.82) is 0 Å². The van der Waals surface area contributed by atoms with E-state index in [1.54, 1.807) is 24.3 Å². The molecule has 0 radical (unpaired) electrons. The SMILES string of the molecule is O=C(O)[C@@H]1CN(C(=O)c2ccccc2Cc2ccccc2)C[C@H]1C(F)(F)F. The number of benzene rings is 2. The Morgan fingerprint density at radius 1 is 1.00 bits per heavy atom. The molecule has 2 atom stereocenters. The van der Waals surface area contributed by atoms with Gasteiger partial charge in [0.25, 0.3) is 5.91 Å². The lowest BCUT2D eigenvalue weighted by Gasteiger charge is -2.19. The van der Waals surface area contributed by atoms with Crippen LogP contribution in [0.15, 0.2) is 54.6 Å². The molecule has 0 aromatic heterocycles. The van der Waals surface area contributed by atoms with Crippen molar-refractivity contribution in [3.8, 4) is 0 Å². The van der Waals surface area contributed by atoms with Crippen molar-refractivity contribution in [1.82, 2.24) is 4.90 Å². The molecule has 0 unspecified atom stereocenters. The molecule has 1 heterocycles. The number of likely N-dealkylation sites (tertiary alicyclic amines) is 1. The minimum Gasteiger partial charge on any atom is -0.481 e. The maximum Gasteiger partial charge on any atom is 0.394 e. The van der Waals surface area contributed by atoms with Crippen LogP contribution >= 0.6 is 0 Å². The van der Waals surface area contributed by atoms with Crippen LogP contribution in [0.1, 0.15) is 21.5 Å². The Hall–Kier alpha value is -2.83. The summed E-state index contributed by atoms with van der Waals surface area (Å²) in [5.41, 5.74) is 1.96. The first-order valence-corrected chi connectivity index (χ1v) is 8.48. The lowest BCUT2D eigenvalue weighted by Crippen LogP contribution is -2.34. The second-order valence-corrected chi connectivity index (χ2v) is 6.62. The van der Waals surface area contributed by atoms with Gasteiger partial charge in [-0.2, -0.15) is 13.2 Å². The van der Waals surface area contributed by atoms with Crippen LogP contribution in [0.5, 0.6) is 0 Å². The van der Waals surface area contributed by atoms with E-state index in [2.05, 4.69) is 0 Å². The van der Waals surface area contributed by atoms with E-state index in [0.717, 1.165) is 10.5 Å². The average Bonchev–Trinajstić information content (AvgIpc) is 3.09. The van der Waals surface area contributed by atoms with Crippen molar-refractivity contribution < 1.29 is 27.9 Å². The van der Waals surface area contributed by atoms with Gasteiger partial charge in [-0.3, -0.25) is 9.59 Å². The van der Waals surface area contributed by atoms with Gasteiger partial charge in [0.1, 0.15) is 0 Å². The second kappa shape index (κ2) is 7.42. The third-order valence-corrected chi connectivity index (χ3v) is 4.83. The van der Waals surface area contributed by atoms with E-state index in [4.69, 9.17) is 5.11 Å². The van der Waals surface area contributed by atoms with E-state index in [-0.39, 0.29) is 0 Å². The predicted octanol–water partition coefficient (Wildman–Crippen LogP) is 3.61. The summed E-state index contributed by atoms with van der Waals surface area (Å²) in [5.74, 6) is -5.81. The molecule has 1 amide bonds. The van der Waals surface area contributed by atoms with Crippen LogP contribution in [0.2, 0.25) is 0 Å². The van der Waals surface area contributed by atoms with Crippen molar-refractivity contribution in [2.75, 3.05) is 13.1 Å². The largest absolute Gasteiger partial charge is 0.481 e. The molecular weight excluding hydrogens is 359 g/mol. The lowest BCUT2D eigenvalue weighted by molar-refractivity contribution is -0.187. The topological polar surface area (TPSA) is 57.6 Å². The molecule has 2 aromatic rings. The highest BCUT2D eigenvalue weighted by Crippen LogP contribution is 2.38. The molecule has 1 saturated heterocycles. The fourth-order valence-electron chi connectivity index (χ4n) is 3.42. The molecule has 1 fully saturated rings. The molecule has 1 aliphatic heterocycles. The smallest absolute Gasteiger partial charge is 0.394 e. The van der Waals surface area contributed by atoms with Crippen molar-refractivity contribution >= 4 is 11.9 Å². The summed E-state index contributed by atoms with van der Waals surface area (Å²) in [6.45, 7) is -1.09. The van der Waals surface area contributed by atoms with E-state index in [1.165, 1.54) is 0 Å². The number of amides is 1. The zero-order valence-electron chi connectivity index (χ0n) is 14.3. The zero-order valence-corrected chi connectivity index (χ0v) is 14.3. The number of aliphatic carboxylic acids is 1. The number of rotatable bonds is 4. The maximum absolute atomic E-state index is 13.2. The highest BCUT2D eigenvalue weighted by molar-refractivity contribution is 5.96. The molecule has 0 bridgehead atoms. The Morgan fingerprint density at radius 2 is 1.63 bits per heavy atom. The molecular formula is C20H18F3NO3. The van der Waals surface area contributed by atoms with Crippen LogP contribution in [0.25, 0.3) is 0 Å². The van der Waals surface area contributed by atoms with Gasteiger partial charge >= 0.3 is 12.1 Å². The van der Waals surface area contributed by atoms with Crippen LogP contribution in [-0.4, -0.2) is 41.1 Å². The van der Waals surface area contributed by atoms with Crippen molar-refractivity contribution in [3.05, 3.63) is 71.3 Å². The Kier molecular flexibility index (Phi) is 5.21. The first-order chi connectivity index (χ1) is 12.8. The molecule has 3 rings (SSSR count). The van der Waals surface area contributed by atoms with Crippen LogP contribution in [0.4, 0.5) is 13.2 Å². The Morgan fingerprint density at radius 3 is 2.22 bits per heavy atom. The van der Waals surface area contributed by atoms with Gasteiger partial charge < -0.3 is 10.0 Å². The van der Waals surface area contributed by atoms with Gasteiger partial charge in [-0.05, 0) is 23.6 Å². The minimum atomic E-state index is -4.67. The second-order valence-electron chi connectivity index (χ2n) is 6.62. The van der Waals surface area contributed by atoms with Gasteiger partial charge in [0.15, 0.2) is 0 Å². The highest BCUT2D eigenvalue weighted by Gasteiger charge is 2.53. The van der Waals surface area contributed by atoms with Gasteiger partial charge in [0, 0.05) is 18.7 Å². The maximum atomic E-state index is 13.2. The van der Waals surface area contributed by atoms with Gasteiger partial charge in [-0.25, -0.2) is 0 Å². The monoisotopic (exact) mass is 377 g/mol. The lowest BCUT2D eigenvalue weighted by atomic mass is 9.96. The number of alkyl halides is 3. The molecule has 142 valence electrons. The Bertz CT molecular complexity index is 836. The number of halogens is 3. The fraction of sp³-hybridized carbons (Fsp3) is 0.300. The van der Waals surface area contributed by atoms with Gasteiger partial charge in [0.05, 0.1) is 11.8 Å². The summed E-state index contributed by atoms with van der Waals surface area (Å²) < 4.78 is 39.5. The number of carbonyl (C=O) groups is 2. The first kappa shape index (κ1) is 18.9. The summed E-state index contributed by atoms with van der Waals surface area (Å²) in [5, 5.41) is 9.13. The number of hydrogen-bond acceptors (Lipinski definition) is 2. The van der Waals surface area contributed by atoms with E-state index < -0.39 is 43.0 Å². The summed E-state index contributed by atoms with van der Waals surface area (Å²) in [6.07, 6.45) is -4.21. The molecule has 2 aromatic carbocycles. The number of nitrogens with zero attached hydrogens (tertiary/aromatic N) is 1. The third kappa shape index (κ3) is 4.13. The van der Waals surface area contributed by atoms with E-state index in [1.807, 2.05) is 30.3 Å². The van der Waals surface area contributed by atoms with E-state index in [9.17, 15) is 22.8 Å². The molecule has 4 nitrogen and oxygen atoms in total. The quantitative estimate of drug-likeness (QED) is 0.886. The molecule has 0 aliphatic carbocycles. The molecule has 1 aliphatic rings. The Labute approximate surface area is 154 Å². The highest BCUT2D eigenvalue weighted by atomic mass is 19.4. The van der Waals surface area contributed by atoms with Crippen LogP contribution < -0.4 is 0 Å². The molecule has 1 N–H and O–H groups in total. The van der Waals surface area contributed by atoms with Crippen LogP contribution in [-0.2, 0) is 11.2 Å². The van der Waals surface area contributed by atoms with Crippen LogP contribution in [0.3, 0.4) is 0 Å². The first-order valence-electron chi connectivity index (χ1n) is 8.48. The fourth-order valence-corrected chi connectivity index (χ4v) is 3.42. The molecule has 27 heavy (non-hydrogen) atoms. The normalized spacial score (nSPS) is 19.9. The van der Waals surface area contributed by atoms with E-state index >= 15 is 0 Å². The van der Waals surface area contributed by atoms with Crippen molar-refractivity contribution in [2.45, 2.75) is 12.6 Å². The summed E-state index contributed by atoms with van der Waals surface area (Å²) in [4.78, 5) is 25.1.